The molecule has 2 amide bonds. The Labute approximate surface area is 207 Å². The third-order valence-corrected chi connectivity index (χ3v) is 6.17. The Morgan fingerprint density at radius 1 is 1.06 bits per heavy atom. The lowest BCUT2D eigenvalue weighted by atomic mass is 10.1. The number of rotatable bonds is 5. The van der Waals surface area contributed by atoms with Crippen molar-refractivity contribution in [2.24, 2.45) is 0 Å². The van der Waals surface area contributed by atoms with E-state index >= 15 is 0 Å². The van der Waals surface area contributed by atoms with E-state index < -0.39 is 17.8 Å². The zero-order valence-corrected chi connectivity index (χ0v) is 20.4. The second-order valence-corrected chi connectivity index (χ2v) is 8.49. The molecule has 1 aliphatic rings. The highest BCUT2D eigenvalue weighted by Crippen LogP contribution is 2.28. The Kier molecular flexibility index (Phi) is 6.27. The summed E-state index contributed by atoms with van der Waals surface area (Å²) in [5.41, 5.74) is 4.19. The summed E-state index contributed by atoms with van der Waals surface area (Å²) in [6.07, 6.45) is 1.52. The molecule has 2 heterocycles. The molecule has 2 aromatic carbocycles. The average Bonchev–Trinajstić information content (AvgIpc) is 3.09. The largest absolute Gasteiger partial charge is 0.545 e. The van der Waals surface area contributed by atoms with Gasteiger partial charge in [0.25, 0.3) is 11.8 Å². The lowest BCUT2D eigenvalue weighted by Gasteiger charge is -2.29. The number of nitrogens with zero attached hydrogens (tertiary/aromatic N) is 2. The number of nitrogens with one attached hydrogen (secondary N) is 1. The van der Waals surface area contributed by atoms with Gasteiger partial charge in [0.15, 0.2) is 5.11 Å². The fourth-order valence-electron chi connectivity index (χ4n) is 4.06. The number of aromatic nitrogens is 1. The number of hydrogen-bond acceptors (Lipinski definition) is 6. The highest BCUT2D eigenvalue weighted by Gasteiger charge is 2.34. The molecule has 9 heteroatoms. The van der Waals surface area contributed by atoms with Crippen LogP contribution in [0.1, 0.15) is 32.9 Å². The van der Waals surface area contributed by atoms with Crippen LogP contribution in [0.15, 0.2) is 54.1 Å². The summed E-state index contributed by atoms with van der Waals surface area (Å²) in [6, 6.07) is 13.3. The van der Waals surface area contributed by atoms with Crippen LogP contribution in [0.5, 0.6) is 5.75 Å². The Morgan fingerprint density at radius 3 is 2.37 bits per heavy atom. The van der Waals surface area contributed by atoms with Crippen molar-refractivity contribution in [1.82, 2.24) is 9.88 Å². The van der Waals surface area contributed by atoms with E-state index in [1.165, 1.54) is 17.0 Å². The molecule has 0 bridgehead atoms. The molecular weight excluding hydrogens is 466 g/mol. The summed E-state index contributed by atoms with van der Waals surface area (Å²) < 4.78 is 7.04. The van der Waals surface area contributed by atoms with Crippen molar-refractivity contribution in [3.63, 3.8) is 0 Å². The molecule has 1 aromatic heterocycles. The number of benzene rings is 2. The van der Waals surface area contributed by atoms with E-state index in [0.29, 0.717) is 22.7 Å². The maximum atomic E-state index is 13.4. The zero-order chi connectivity index (χ0) is 25.4. The monoisotopic (exact) mass is 488 g/mol. The van der Waals surface area contributed by atoms with Crippen molar-refractivity contribution in [2.45, 2.75) is 20.8 Å². The van der Waals surface area contributed by atoms with Gasteiger partial charge in [-0.05, 0) is 92.2 Å². The van der Waals surface area contributed by atoms with Crippen molar-refractivity contribution in [1.29, 1.82) is 0 Å². The molecule has 1 aliphatic heterocycles. The summed E-state index contributed by atoms with van der Waals surface area (Å²) >= 11 is 5.26. The first-order valence-corrected chi connectivity index (χ1v) is 11.1. The third kappa shape index (κ3) is 4.33. The maximum absolute atomic E-state index is 13.4. The van der Waals surface area contributed by atoms with Gasteiger partial charge in [-0.25, -0.2) is 0 Å². The van der Waals surface area contributed by atoms with Crippen LogP contribution >= 0.6 is 12.2 Å². The van der Waals surface area contributed by atoms with Crippen molar-refractivity contribution in [3.05, 3.63) is 82.2 Å². The summed E-state index contributed by atoms with van der Waals surface area (Å²) in [7, 11) is 1.54. The van der Waals surface area contributed by atoms with Crippen molar-refractivity contribution in [3.8, 4) is 11.4 Å². The SMILES string of the molecule is COc1ccc(N2C(=O)/C(=C/c3cc(C)n(-c4cc(C(=O)[O-])ccc4C)c3C)C(=O)NC2=S)cc1. The molecule has 0 atom stereocenters. The number of carbonyl (C=O) groups excluding carboxylic acids is 3. The van der Waals surface area contributed by atoms with Gasteiger partial charge in [-0.1, -0.05) is 12.1 Å². The van der Waals surface area contributed by atoms with Crippen LogP contribution in [0.4, 0.5) is 5.69 Å². The van der Waals surface area contributed by atoms with Crippen molar-refractivity contribution in [2.75, 3.05) is 12.0 Å². The molecule has 4 rings (SSSR count). The second kappa shape index (κ2) is 9.19. The first kappa shape index (κ1) is 23.9. The standard InChI is InChI=1S/C26H23N3O5S/c1-14-5-6-17(25(32)33)13-22(14)28-15(2)11-18(16(28)3)12-21-23(30)27-26(35)29(24(21)31)19-7-9-20(34-4)10-8-19/h5-13H,1-4H3,(H,32,33)(H,27,30,35)/p-1/b21-12+. The topological polar surface area (TPSA) is 104 Å². The van der Waals surface area contributed by atoms with E-state index in [0.717, 1.165) is 17.0 Å². The highest BCUT2D eigenvalue weighted by atomic mass is 32.1. The predicted molar refractivity (Wildman–Crippen MR) is 134 cm³/mol. The fraction of sp³-hybridized carbons (Fsp3) is 0.154. The lowest BCUT2D eigenvalue weighted by Crippen LogP contribution is -2.54. The number of hydrogen-bond donors (Lipinski definition) is 1. The molecular formula is C26H22N3O5S-. The number of thiocarbonyl (C=S) groups is 1. The number of carboxylic acid groups (broad SMARTS) is 1. The molecule has 1 N–H and O–H groups in total. The minimum absolute atomic E-state index is 0.0116. The highest BCUT2D eigenvalue weighted by molar-refractivity contribution is 7.80. The van der Waals surface area contributed by atoms with E-state index in [-0.39, 0.29) is 16.2 Å². The number of anilines is 1. The summed E-state index contributed by atoms with van der Waals surface area (Å²) in [5.74, 6) is -1.79. The number of aromatic carboxylic acids is 1. The summed E-state index contributed by atoms with van der Waals surface area (Å²) in [6.45, 7) is 5.57. The minimum atomic E-state index is -1.27. The van der Waals surface area contributed by atoms with Crippen LogP contribution in [-0.2, 0) is 9.59 Å². The lowest BCUT2D eigenvalue weighted by molar-refractivity contribution is -0.255. The molecule has 0 aliphatic carbocycles. The van der Waals surface area contributed by atoms with E-state index in [4.69, 9.17) is 17.0 Å². The quantitative estimate of drug-likeness (QED) is 0.336. The summed E-state index contributed by atoms with van der Waals surface area (Å²) in [4.78, 5) is 38.7. The molecule has 0 saturated carbocycles. The van der Waals surface area contributed by atoms with Gasteiger partial charge in [0.1, 0.15) is 11.3 Å². The second-order valence-electron chi connectivity index (χ2n) is 8.11. The normalized spacial score (nSPS) is 14.9. The number of aryl methyl sites for hydroxylation is 2. The Morgan fingerprint density at radius 2 is 1.74 bits per heavy atom. The van der Waals surface area contributed by atoms with Crippen LogP contribution in [0, 0.1) is 20.8 Å². The van der Waals surface area contributed by atoms with E-state index in [9.17, 15) is 19.5 Å². The Hall–Kier alpha value is -4.24. The molecule has 0 unspecified atom stereocenters. The zero-order valence-electron chi connectivity index (χ0n) is 19.5. The fourth-order valence-corrected chi connectivity index (χ4v) is 4.34. The van der Waals surface area contributed by atoms with Crippen molar-refractivity contribution >= 4 is 46.9 Å². The molecule has 1 saturated heterocycles. The van der Waals surface area contributed by atoms with Crippen LogP contribution in [-0.4, -0.2) is 34.6 Å². The Balaban J connectivity index is 1.77. The first-order chi connectivity index (χ1) is 16.6. The molecule has 0 spiro atoms. The van der Waals surface area contributed by atoms with Crippen molar-refractivity contribution < 1.29 is 24.2 Å². The van der Waals surface area contributed by atoms with Crippen LogP contribution in [0.2, 0.25) is 0 Å². The van der Waals surface area contributed by atoms with Gasteiger partial charge in [-0.15, -0.1) is 0 Å². The van der Waals surface area contributed by atoms with Crippen LogP contribution in [0.25, 0.3) is 11.8 Å². The number of carboxylic acids is 1. The van der Waals surface area contributed by atoms with Gasteiger partial charge < -0.3 is 19.2 Å². The van der Waals surface area contributed by atoms with Gasteiger partial charge in [0.05, 0.1) is 18.8 Å². The number of amides is 2. The van der Waals surface area contributed by atoms with E-state index in [2.05, 4.69) is 5.32 Å². The van der Waals surface area contributed by atoms with Crippen LogP contribution in [0.3, 0.4) is 0 Å². The first-order valence-electron chi connectivity index (χ1n) is 10.7. The molecule has 178 valence electrons. The number of ether oxygens (including phenoxy) is 1. The molecule has 1 fully saturated rings. The molecule has 0 radical (unpaired) electrons. The number of carbonyl (C=O) groups is 3. The Bertz CT molecular complexity index is 1420. The van der Waals surface area contributed by atoms with Crippen LogP contribution < -0.4 is 20.1 Å². The smallest absolute Gasteiger partial charge is 0.270 e. The predicted octanol–water partition coefficient (Wildman–Crippen LogP) is 2.61. The third-order valence-electron chi connectivity index (χ3n) is 5.89. The molecule has 3 aromatic rings. The van der Waals surface area contributed by atoms with Gasteiger partial charge in [-0.3, -0.25) is 19.8 Å². The summed E-state index contributed by atoms with van der Waals surface area (Å²) in [5, 5.41) is 13.9. The average molecular weight is 489 g/mol. The van der Waals surface area contributed by atoms with Gasteiger partial charge >= 0.3 is 0 Å². The maximum Gasteiger partial charge on any atom is 0.270 e. The number of methoxy groups -OCH3 is 1. The van der Waals surface area contributed by atoms with E-state index in [1.807, 2.05) is 31.4 Å². The molecule has 35 heavy (non-hydrogen) atoms. The van der Waals surface area contributed by atoms with Gasteiger partial charge in [-0.2, -0.15) is 0 Å². The molecule has 8 nitrogen and oxygen atoms in total. The van der Waals surface area contributed by atoms with Gasteiger partial charge in [0.2, 0.25) is 0 Å². The minimum Gasteiger partial charge on any atom is -0.545 e. The van der Waals surface area contributed by atoms with E-state index in [1.54, 1.807) is 43.5 Å². The van der Waals surface area contributed by atoms with Gasteiger partial charge in [0, 0.05) is 17.1 Å².